The van der Waals surface area contributed by atoms with Crippen LogP contribution in [0.2, 0.25) is 0 Å². The van der Waals surface area contributed by atoms with E-state index in [1.54, 1.807) is 29.3 Å². The van der Waals surface area contributed by atoms with Crippen LogP contribution in [-0.4, -0.2) is 52.4 Å². The van der Waals surface area contributed by atoms with E-state index in [0.717, 1.165) is 37.9 Å². The maximum atomic E-state index is 13.7. The van der Waals surface area contributed by atoms with E-state index in [-0.39, 0.29) is 29.8 Å². The number of hydrogen-bond donors (Lipinski definition) is 2. The third kappa shape index (κ3) is 5.23. The highest BCUT2D eigenvalue weighted by Gasteiger charge is 2.48. The van der Waals surface area contributed by atoms with Crippen molar-refractivity contribution in [3.05, 3.63) is 42.2 Å². The summed E-state index contributed by atoms with van der Waals surface area (Å²) in [6, 6.07) is 1.07. The van der Waals surface area contributed by atoms with Gasteiger partial charge in [-0.25, -0.2) is 4.68 Å². The minimum Gasteiger partial charge on any atom is -0.339 e. The smallest absolute Gasteiger partial charge is 0.270 e. The summed E-state index contributed by atoms with van der Waals surface area (Å²) in [7, 11) is 0. The van der Waals surface area contributed by atoms with Crippen molar-refractivity contribution in [3.63, 3.8) is 0 Å². The standard InChI is InChI=1S/C27H37N9O2/c1-16(2)36-22(10-11-29-36)26(37)32-25(24(19-6-7-19)20-8-9-20)27(38)31-21-12-30-34(15-21)17(3)23-13-28-33-35(23)14-18-4-5-18/h10-13,15-20,24-25H,4-9,14H2,1-3H3,(H,31,38)(H,32,37)/t17?,25-/m0/s1. The maximum absolute atomic E-state index is 13.7. The Morgan fingerprint density at radius 3 is 2.42 bits per heavy atom. The van der Waals surface area contributed by atoms with Gasteiger partial charge in [-0.1, -0.05) is 5.21 Å². The van der Waals surface area contributed by atoms with Crippen molar-refractivity contribution in [1.29, 1.82) is 0 Å². The van der Waals surface area contributed by atoms with Crippen LogP contribution in [0.3, 0.4) is 0 Å². The van der Waals surface area contributed by atoms with Gasteiger partial charge in [-0.3, -0.25) is 19.0 Å². The largest absolute Gasteiger partial charge is 0.339 e. The molecule has 1 unspecified atom stereocenters. The second-order valence-electron chi connectivity index (χ2n) is 11.6. The zero-order valence-electron chi connectivity index (χ0n) is 22.3. The van der Waals surface area contributed by atoms with Crippen LogP contribution in [0.25, 0.3) is 0 Å². The van der Waals surface area contributed by atoms with E-state index in [1.807, 2.05) is 29.4 Å². The molecule has 2 N–H and O–H groups in total. The molecule has 202 valence electrons. The Hall–Kier alpha value is -3.50. The first-order valence-electron chi connectivity index (χ1n) is 14.0. The average molecular weight is 520 g/mol. The number of hydrogen-bond acceptors (Lipinski definition) is 6. The van der Waals surface area contributed by atoms with Gasteiger partial charge in [0.15, 0.2) is 0 Å². The molecule has 2 atom stereocenters. The Labute approximate surface area is 222 Å². The summed E-state index contributed by atoms with van der Waals surface area (Å²) in [5.41, 5.74) is 2.08. The first kappa shape index (κ1) is 24.8. The van der Waals surface area contributed by atoms with Gasteiger partial charge >= 0.3 is 0 Å². The highest BCUT2D eigenvalue weighted by Crippen LogP contribution is 2.51. The molecule has 0 bridgehead atoms. The Morgan fingerprint density at radius 2 is 1.76 bits per heavy atom. The summed E-state index contributed by atoms with van der Waals surface area (Å²) in [4.78, 5) is 27.1. The lowest BCUT2D eigenvalue weighted by atomic mass is 9.88. The van der Waals surface area contributed by atoms with E-state index < -0.39 is 6.04 Å². The number of rotatable bonds is 12. The molecule has 3 saturated carbocycles. The number of carbonyl (C=O) groups is 2. The van der Waals surface area contributed by atoms with Crippen LogP contribution in [0.15, 0.2) is 30.9 Å². The van der Waals surface area contributed by atoms with Crippen LogP contribution in [0.4, 0.5) is 5.69 Å². The van der Waals surface area contributed by atoms with Crippen molar-refractivity contribution >= 4 is 17.5 Å². The minimum absolute atomic E-state index is 0.0456. The maximum Gasteiger partial charge on any atom is 0.270 e. The lowest BCUT2D eigenvalue weighted by molar-refractivity contribution is -0.119. The monoisotopic (exact) mass is 519 g/mol. The van der Waals surface area contributed by atoms with Crippen molar-refractivity contribution < 1.29 is 9.59 Å². The van der Waals surface area contributed by atoms with Crippen molar-refractivity contribution in [2.45, 2.75) is 84.0 Å². The number of anilines is 1. The summed E-state index contributed by atoms with van der Waals surface area (Å²) in [6.07, 6.45) is 13.9. The van der Waals surface area contributed by atoms with Gasteiger partial charge in [-0.05, 0) is 89.0 Å². The molecule has 38 heavy (non-hydrogen) atoms. The fraction of sp³-hybridized carbons (Fsp3) is 0.630. The molecular weight excluding hydrogens is 482 g/mol. The molecule has 3 aromatic rings. The normalized spacial score (nSPS) is 19.1. The zero-order chi connectivity index (χ0) is 26.4. The molecule has 0 spiro atoms. The lowest BCUT2D eigenvalue weighted by Crippen LogP contribution is -2.50. The van der Waals surface area contributed by atoms with E-state index >= 15 is 0 Å². The van der Waals surface area contributed by atoms with E-state index in [2.05, 4.69) is 38.1 Å². The second kappa shape index (κ2) is 9.99. The highest BCUT2D eigenvalue weighted by molar-refractivity contribution is 6.00. The van der Waals surface area contributed by atoms with Gasteiger partial charge in [-0.2, -0.15) is 10.2 Å². The fourth-order valence-electron chi connectivity index (χ4n) is 5.59. The average Bonchev–Trinajstić information content (AvgIpc) is 3.86. The third-order valence-electron chi connectivity index (χ3n) is 8.15. The molecule has 6 rings (SSSR count). The molecule has 3 aromatic heterocycles. The molecule has 0 saturated heterocycles. The summed E-state index contributed by atoms with van der Waals surface area (Å²) in [6.45, 7) is 6.90. The SMILES string of the molecule is CC(c1cnnn1CC1CC1)n1cc(NC(=O)[C@@H](NC(=O)c2ccnn2C(C)C)C(C2CC2)C2CC2)cn1. The second-order valence-corrected chi connectivity index (χ2v) is 11.6. The van der Waals surface area contributed by atoms with Crippen molar-refractivity contribution in [2.75, 3.05) is 5.32 Å². The molecule has 3 aliphatic carbocycles. The molecule has 0 aromatic carbocycles. The fourth-order valence-corrected chi connectivity index (χ4v) is 5.59. The van der Waals surface area contributed by atoms with E-state index in [0.29, 0.717) is 29.1 Å². The van der Waals surface area contributed by atoms with Gasteiger partial charge in [0.1, 0.15) is 11.7 Å². The molecule has 3 fully saturated rings. The van der Waals surface area contributed by atoms with Crippen LogP contribution in [0.1, 0.15) is 87.6 Å². The number of amides is 2. The molecule has 3 aliphatic rings. The third-order valence-corrected chi connectivity index (χ3v) is 8.15. The predicted molar refractivity (Wildman–Crippen MR) is 140 cm³/mol. The van der Waals surface area contributed by atoms with Gasteiger partial charge < -0.3 is 10.6 Å². The van der Waals surface area contributed by atoms with E-state index in [1.165, 1.54) is 12.8 Å². The van der Waals surface area contributed by atoms with Crippen LogP contribution in [0.5, 0.6) is 0 Å². The quantitative estimate of drug-likeness (QED) is 0.378. The molecule has 0 aliphatic heterocycles. The highest BCUT2D eigenvalue weighted by atomic mass is 16.2. The first-order valence-corrected chi connectivity index (χ1v) is 14.0. The summed E-state index contributed by atoms with van der Waals surface area (Å²) >= 11 is 0. The van der Waals surface area contributed by atoms with E-state index in [4.69, 9.17) is 0 Å². The van der Waals surface area contributed by atoms with Crippen molar-refractivity contribution in [1.82, 2.24) is 39.9 Å². The predicted octanol–water partition coefficient (Wildman–Crippen LogP) is 3.44. The molecule has 2 amide bonds. The number of nitrogens with one attached hydrogen (secondary N) is 2. The van der Waals surface area contributed by atoms with Gasteiger partial charge in [0.2, 0.25) is 5.91 Å². The van der Waals surface area contributed by atoms with E-state index in [9.17, 15) is 9.59 Å². The molecule has 11 heteroatoms. The van der Waals surface area contributed by atoms with Gasteiger partial charge in [0.25, 0.3) is 5.91 Å². The Bertz CT molecular complexity index is 1280. The molecular formula is C27H37N9O2. The summed E-state index contributed by atoms with van der Waals surface area (Å²) in [5, 5.41) is 23.4. The van der Waals surface area contributed by atoms with Gasteiger partial charge in [0.05, 0.1) is 29.8 Å². The minimum atomic E-state index is -0.608. The Morgan fingerprint density at radius 1 is 1.03 bits per heavy atom. The van der Waals surface area contributed by atoms with Crippen molar-refractivity contribution in [3.8, 4) is 0 Å². The summed E-state index contributed by atoms with van der Waals surface area (Å²) < 4.78 is 5.49. The Kier molecular flexibility index (Phi) is 6.53. The molecule has 0 radical (unpaired) electrons. The summed E-state index contributed by atoms with van der Waals surface area (Å²) in [5.74, 6) is 1.35. The molecule has 3 heterocycles. The molecule has 11 nitrogen and oxygen atoms in total. The van der Waals surface area contributed by atoms with Crippen molar-refractivity contribution in [2.24, 2.45) is 23.7 Å². The van der Waals surface area contributed by atoms with Gasteiger partial charge in [-0.15, -0.1) is 5.10 Å². The van der Waals surface area contributed by atoms with Crippen LogP contribution in [-0.2, 0) is 11.3 Å². The number of carbonyl (C=O) groups excluding carboxylic acids is 2. The number of nitrogens with zero attached hydrogens (tertiary/aromatic N) is 7. The van der Waals surface area contributed by atoms with Crippen LogP contribution >= 0.6 is 0 Å². The van der Waals surface area contributed by atoms with Crippen LogP contribution < -0.4 is 10.6 Å². The topological polar surface area (TPSA) is 125 Å². The Balaban J connectivity index is 1.19. The first-order chi connectivity index (χ1) is 18.4. The van der Waals surface area contributed by atoms with Crippen LogP contribution in [0, 0.1) is 23.7 Å². The zero-order valence-corrected chi connectivity index (χ0v) is 22.3. The number of aromatic nitrogens is 7. The lowest BCUT2D eigenvalue weighted by Gasteiger charge is -2.27. The van der Waals surface area contributed by atoms with Gasteiger partial charge in [0, 0.05) is 25.0 Å².